The van der Waals surface area contributed by atoms with Crippen LogP contribution in [-0.4, -0.2) is 15.2 Å². The molecule has 0 spiro atoms. The van der Waals surface area contributed by atoms with Gasteiger partial charge in [-0.2, -0.15) is 5.10 Å². The zero-order valence-electron chi connectivity index (χ0n) is 6.55. The van der Waals surface area contributed by atoms with Crippen LogP contribution in [0.15, 0.2) is 12.4 Å². The second-order valence-electron chi connectivity index (χ2n) is 2.67. The number of aromatic amines is 1. The molecule has 0 amide bonds. The van der Waals surface area contributed by atoms with Crippen LogP contribution >= 0.6 is 0 Å². The highest BCUT2D eigenvalue weighted by atomic mass is 15.1. The first-order valence-electron chi connectivity index (χ1n) is 3.54. The number of aryl methyl sites for hydroxylation is 2. The summed E-state index contributed by atoms with van der Waals surface area (Å²) in [5.41, 5.74) is 3.33. The summed E-state index contributed by atoms with van der Waals surface area (Å²) in [6, 6.07) is 0. The molecule has 11 heavy (non-hydrogen) atoms. The largest absolute Gasteiger partial charge is 0.277 e. The molecule has 0 aromatic carbocycles. The predicted molar refractivity (Wildman–Crippen MR) is 43.4 cm³/mol. The Kier molecular flexibility index (Phi) is 1.18. The normalized spacial score (nSPS) is 10.7. The minimum absolute atomic E-state index is 1.06. The van der Waals surface area contributed by atoms with Crippen molar-refractivity contribution in [1.82, 2.24) is 15.2 Å². The number of hydrogen-bond donors (Lipinski definition) is 1. The molecule has 3 nitrogen and oxygen atoms in total. The Balaban J connectivity index is 2.93. The third kappa shape index (κ3) is 0.808. The molecule has 2 rings (SSSR count). The van der Waals surface area contributed by atoms with Gasteiger partial charge in [0.1, 0.15) is 0 Å². The lowest BCUT2D eigenvalue weighted by Gasteiger charge is -1.97. The second kappa shape index (κ2) is 2.05. The number of pyridine rings is 1. The second-order valence-corrected chi connectivity index (χ2v) is 2.67. The number of fused-ring (bicyclic) bond motifs is 1. The predicted octanol–water partition coefficient (Wildman–Crippen LogP) is 1.57. The minimum Gasteiger partial charge on any atom is -0.277 e. The molecule has 0 saturated heterocycles. The van der Waals surface area contributed by atoms with E-state index in [0.29, 0.717) is 0 Å². The van der Waals surface area contributed by atoms with Gasteiger partial charge in [0.2, 0.25) is 0 Å². The molecular formula is C8H9N3. The van der Waals surface area contributed by atoms with Crippen molar-refractivity contribution < 1.29 is 0 Å². The van der Waals surface area contributed by atoms with Gasteiger partial charge < -0.3 is 0 Å². The van der Waals surface area contributed by atoms with E-state index >= 15 is 0 Å². The van der Waals surface area contributed by atoms with Crippen molar-refractivity contribution in [3.05, 3.63) is 23.7 Å². The molecule has 2 aromatic heterocycles. The zero-order chi connectivity index (χ0) is 7.84. The van der Waals surface area contributed by atoms with E-state index in [-0.39, 0.29) is 0 Å². The van der Waals surface area contributed by atoms with Gasteiger partial charge >= 0.3 is 0 Å². The van der Waals surface area contributed by atoms with E-state index in [4.69, 9.17) is 0 Å². The maximum absolute atomic E-state index is 4.22. The molecule has 0 radical (unpaired) electrons. The first-order chi connectivity index (χ1) is 5.29. The zero-order valence-corrected chi connectivity index (χ0v) is 6.55. The smallest absolute Gasteiger partial charge is 0.0713 e. The van der Waals surface area contributed by atoms with Gasteiger partial charge in [0.05, 0.1) is 11.7 Å². The highest BCUT2D eigenvalue weighted by molar-refractivity contribution is 5.80. The monoisotopic (exact) mass is 147 g/mol. The Morgan fingerprint density at radius 1 is 1.27 bits per heavy atom. The Bertz CT molecular complexity index is 389. The molecular weight excluding hydrogens is 138 g/mol. The van der Waals surface area contributed by atoms with Crippen LogP contribution in [0, 0.1) is 13.8 Å². The molecule has 2 aromatic rings. The van der Waals surface area contributed by atoms with Gasteiger partial charge in [-0.15, -0.1) is 0 Å². The number of aromatic nitrogens is 3. The number of nitrogens with one attached hydrogen (secondary N) is 1. The topological polar surface area (TPSA) is 41.6 Å². The third-order valence-electron chi connectivity index (χ3n) is 1.98. The van der Waals surface area contributed by atoms with Crippen molar-refractivity contribution in [3.63, 3.8) is 0 Å². The van der Waals surface area contributed by atoms with Crippen LogP contribution < -0.4 is 0 Å². The summed E-state index contributed by atoms with van der Waals surface area (Å²) in [4.78, 5) is 4.22. The Morgan fingerprint density at radius 2 is 2.09 bits per heavy atom. The van der Waals surface area contributed by atoms with E-state index < -0.39 is 0 Å². The van der Waals surface area contributed by atoms with Crippen LogP contribution in [0.25, 0.3) is 10.9 Å². The fourth-order valence-electron chi connectivity index (χ4n) is 1.14. The van der Waals surface area contributed by atoms with Crippen LogP contribution in [0.5, 0.6) is 0 Å². The molecule has 1 N–H and O–H groups in total. The lowest BCUT2D eigenvalue weighted by molar-refractivity contribution is 1.10. The maximum atomic E-state index is 4.22. The molecule has 56 valence electrons. The van der Waals surface area contributed by atoms with Crippen LogP contribution in [0.2, 0.25) is 0 Å². The Labute approximate surface area is 64.5 Å². The number of rotatable bonds is 0. The first-order valence-corrected chi connectivity index (χ1v) is 3.54. The number of hydrogen-bond acceptors (Lipinski definition) is 2. The van der Waals surface area contributed by atoms with Crippen LogP contribution in [0.4, 0.5) is 0 Å². The minimum atomic E-state index is 1.06. The van der Waals surface area contributed by atoms with Gasteiger partial charge in [-0.05, 0) is 19.4 Å². The van der Waals surface area contributed by atoms with E-state index in [1.807, 2.05) is 20.0 Å². The van der Waals surface area contributed by atoms with Gasteiger partial charge in [-0.25, -0.2) is 0 Å². The van der Waals surface area contributed by atoms with Crippen LogP contribution in [0.1, 0.15) is 11.3 Å². The van der Waals surface area contributed by atoms with Crippen LogP contribution in [0.3, 0.4) is 0 Å². The lowest BCUT2D eigenvalue weighted by Crippen LogP contribution is -1.86. The third-order valence-corrected chi connectivity index (χ3v) is 1.98. The van der Waals surface area contributed by atoms with Crippen molar-refractivity contribution in [3.8, 4) is 0 Å². The average molecular weight is 147 g/mol. The lowest BCUT2D eigenvalue weighted by atomic mass is 10.2. The van der Waals surface area contributed by atoms with Crippen molar-refractivity contribution in [2.75, 3.05) is 0 Å². The number of nitrogens with zero attached hydrogens (tertiary/aromatic N) is 2. The summed E-state index contributed by atoms with van der Waals surface area (Å²) in [5, 5.41) is 7.95. The first kappa shape index (κ1) is 6.34. The van der Waals surface area contributed by atoms with E-state index in [9.17, 15) is 0 Å². The highest BCUT2D eigenvalue weighted by Crippen LogP contribution is 2.15. The van der Waals surface area contributed by atoms with Gasteiger partial charge in [-0.3, -0.25) is 10.1 Å². The fourth-order valence-corrected chi connectivity index (χ4v) is 1.14. The maximum Gasteiger partial charge on any atom is 0.0713 e. The molecule has 2 heterocycles. The van der Waals surface area contributed by atoms with Crippen molar-refractivity contribution >= 4 is 10.9 Å². The standard InChI is InChI=1S/C8H9N3/c1-5-6(2)9-3-7-4-10-11-8(5)7/h3-4H,1-2H3,(H,10,11). The molecule has 0 aliphatic heterocycles. The van der Waals surface area contributed by atoms with Gasteiger partial charge in [0.25, 0.3) is 0 Å². The van der Waals surface area contributed by atoms with Crippen molar-refractivity contribution in [2.45, 2.75) is 13.8 Å². The van der Waals surface area contributed by atoms with Gasteiger partial charge in [0, 0.05) is 17.3 Å². The molecule has 0 atom stereocenters. The van der Waals surface area contributed by atoms with Crippen LogP contribution in [-0.2, 0) is 0 Å². The van der Waals surface area contributed by atoms with Gasteiger partial charge in [0.15, 0.2) is 0 Å². The number of H-pyrrole nitrogens is 1. The van der Waals surface area contributed by atoms with E-state index in [2.05, 4.69) is 15.2 Å². The molecule has 0 saturated carbocycles. The fraction of sp³-hybridized carbons (Fsp3) is 0.250. The Hall–Kier alpha value is -1.38. The quantitative estimate of drug-likeness (QED) is 0.614. The summed E-state index contributed by atoms with van der Waals surface area (Å²) >= 11 is 0. The van der Waals surface area contributed by atoms with Crippen molar-refractivity contribution in [2.24, 2.45) is 0 Å². The molecule has 0 fully saturated rings. The molecule has 3 heteroatoms. The van der Waals surface area contributed by atoms with Crippen molar-refractivity contribution in [1.29, 1.82) is 0 Å². The van der Waals surface area contributed by atoms with E-state index in [0.717, 1.165) is 16.6 Å². The summed E-state index contributed by atoms with van der Waals surface area (Å²) < 4.78 is 0. The molecule has 0 bridgehead atoms. The van der Waals surface area contributed by atoms with E-state index in [1.54, 1.807) is 6.20 Å². The summed E-state index contributed by atoms with van der Waals surface area (Å²) in [6.45, 7) is 4.04. The molecule has 0 aliphatic carbocycles. The Morgan fingerprint density at radius 3 is 2.91 bits per heavy atom. The van der Waals surface area contributed by atoms with Gasteiger partial charge in [-0.1, -0.05) is 0 Å². The SMILES string of the molecule is Cc1ncc2cn[nH]c2c1C. The highest BCUT2D eigenvalue weighted by Gasteiger charge is 2.01. The average Bonchev–Trinajstić information content (AvgIpc) is 2.45. The van der Waals surface area contributed by atoms with E-state index in [1.165, 1.54) is 5.56 Å². The molecule has 0 aliphatic rings. The summed E-state index contributed by atoms with van der Waals surface area (Å²) in [6.07, 6.45) is 3.62. The molecule has 0 unspecified atom stereocenters. The summed E-state index contributed by atoms with van der Waals surface area (Å²) in [5.74, 6) is 0. The summed E-state index contributed by atoms with van der Waals surface area (Å²) in [7, 11) is 0.